The van der Waals surface area contributed by atoms with Crippen molar-refractivity contribution in [3.05, 3.63) is 297 Å². The molecule has 0 spiro atoms. The molecule has 0 saturated carbocycles. The number of aliphatic hydroxyl groups is 2. The molecule has 20 heteroatoms. The third kappa shape index (κ3) is 23.0. The Morgan fingerprint density at radius 2 is 0.879 bits per heavy atom. The second kappa shape index (κ2) is 41.0. The van der Waals surface area contributed by atoms with Crippen LogP contribution in [0.5, 0.6) is 17.2 Å². The fourth-order valence-electron chi connectivity index (χ4n) is 13.4. The molecule has 562 valence electrons. The molecule has 3 heterocycles. The lowest BCUT2D eigenvalue weighted by atomic mass is 9.97. The van der Waals surface area contributed by atoms with Gasteiger partial charge in [-0.2, -0.15) is 0 Å². The lowest BCUT2D eigenvalue weighted by molar-refractivity contribution is -0.139. The summed E-state index contributed by atoms with van der Waals surface area (Å²) in [6.07, 6.45) is 7.05. The number of benzene rings is 8. The molecule has 0 fully saturated rings. The SMILES string of the molecule is CC(C)O[C@@H](CBr)c1ccc(OCc2ccccc2)c2[nH]c(=O)ccc12.CCc1cc2c(cc1CC)CC(N)C2.CCc1cc2c(cc1CC)CC(NC[C@H](O)c1ccc(OCc3ccccc3)c3[nH]c(=O)ccc13)C2.O=COCCC(=O)O.O=c1ccc2c([C@@H](O)CBr)ccc(OCc3ccccc3)c2[nH]1. The minimum Gasteiger partial charge on any atom is -0.487 e. The van der Waals surface area contributed by atoms with Crippen LogP contribution in [0.2, 0.25) is 0 Å². The number of carboxylic acids is 1. The molecule has 18 nitrogen and oxygen atoms in total. The summed E-state index contributed by atoms with van der Waals surface area (Å²) in [5, 5.41) is 36.4. The zero-order valence-electron chi connectivity index (χ0n) is 61.5. The van der Waals surface area contributed by atoms with E-state index in [2.05, 4.69) is 109 Å². The number of halogens is 2. The van der Waals surface area contributed by atoms with Crippen molar-refractivity contribution in [2.75, 3.05) is 23.8 Å². The Morgan fingerprint density at radius 3 is 1.22 bits per heavy atom. The van der Waals surface area contributed by atoms with Crippen LogP contribution in [0.3, 0.4) is 0 Å². The summed E-state index contributed by atoms with van der Waals surface area (Å²) in [6, 6.07) is 60.9. The van der Waals surface area contributed by atoms with Gasteiger partial charge < -0.3 is 65.0 Å². The first-order valence-corrected chi connectivity index (χ1v) is 38.7. The number of hydrogen-bond donors (Lipinski definition) is 8. The Labute approximate surface area is 641 Å². The maximum absolute atomic E-state index is 12.1. The standard InChI is InChI=1S/C31H34N2O3.C21H22BrNO3.C18H16BrNO3.C13H19N.C4H6O4/c1-3-21-14-23-16-25(17-24(23)15-22(21)4-2)32-18-28(34)26-10-12-29(31-27(26)11-13-30(35)33-31)36-19-20-8-6-5-7-9-20;1-14(2)26-19(12-22)16-8-10-18(21-17(16)9-11-20(24)23-21)25-13-15-6-4-3-5-7-15;19-10-15(21)13-6-8-16(18-14(13)7-9-17(22)20-18)23-11-12-4-2-1-3-5-12;1-3-9-5-11-7-13(14)8-12(11)6-10(9)4-2;5-3-8-2-1-4(6)7/h5-15,25,28,32,34H,3-4,16-19H2,1-2H3,(H,33,35);3-11,14,19H,12-13H2,1-2H3,(H,23,24);1-9,15,21H,10-11H2,(H,20,22);5-6,13H,3-4,7-8,14H2,1-2H3;3H,1-2H2,(H,6,7)/t28-;19-;15-;;/m000../s1. The minimum absolute atomic E-state index is 0.0428. The largest absolute Gasteiger partial charge is 0.487 e. The lowest BCUT2D eigenvalue weighted by Gasteiger charge is -2.21. The van der Waals surface area contributed by atoms with Gasteiger partial charge in [-0.15, -0.1) is 0 Å². The van der Waals surface area contributed by atoms with Crippen molar-refractivity contribution >= 4 is 77.0 Å². The highest BCUT2D eigenvalue weighted by Gasteiger charge is 2.26. The quantitative estimate of drug-likeness (QED) is 0.0135. The number of carbonyl (C=O) groups excluding carboxylic acids is 1. The van der Waals surface area contributed by atoms with Crippen LogP contribution in [0, 0.1) is 0 Å². The van der Waals surface area contributed by atoms with Crippen LogP contribution in [0.1, 0.15) is 144 Å². The molecule has 0 radical (unpaired) electrons. The van der Waals surface area contributed by atoms with Gasteiger partial charge in [0.1, 0.15) is 43.7 Å². The molecule has 107 heavy (non-hydrogen) atoms. The van der Waals surface area contributed by atoms with Gasteiger partial charge in [0, 0.05) is 63.6 Å². The zero-order valence-corrected chi connectivity index (χ0v) is 64.7. The smallest absolute Gasteiger partial charge is 0.306 e. The van der Waals surface area contributed by atoms with E-state index >= 15 is 0 Å². The van der Waals surface area contributed by atoms with Gasteiger partial charge >= 0.3 is 5.97 Å². The number of nitrogens with two attached hydrogens (primary N) is 1. The maximum Gasteiger partial charge on any atom is 0.306 e. The van der Waals surface area contributed by atoms with Crippen molar-refractivity contribution in [2.45, 2.75) is 156 Å². The third-order valence-corrected chi connectivity index (χ3v) is 19.9. The van der Waals surface area contributed by atoms with E-state index in [-0.39, 0.29) is 48.4 Å². The van der Waals surface area contributed by atoms with Crippen LogP contribution >= 0.6 is 31.9 Å². The zero-order chi connectivity index (χ0) is 76.4. The van der Waals surface area contributed by atoms with Crippen LogP contribution in [0.4, 0.5) is 0 Å². The molecule has 9 N–H and O–H groups in total. The number of aromatic nitrogens is 3. The minimum atomic E-state index is -0.966. The number of hydrogen-bond acceptors (Lipinski definition) is 14. The van der Waals surface area contributed by atoms with Crippen molar-refractivity contribution in [2.24, 2.45) is 5.73 Å². The van der Waals surface area contributed by atoms with E-state index in [1.54, 1.807) is 18.2 Å². The monoisotopic (exact) mass is 1580 g/mol. The fourth-order valence-corrected chi connectivity index (χ4v) is 14.3. The Morgan fingerprint density at radius 1 is 0.514 bits per heavy atom. The second-order valence-electron chi connectivity index (χ2n) is 26.6. The molecular weight excluding hydrogens is 1480 g/mol. The number of pyridine rings is 3. The van der Waals surface area contributed by atoms with Crippen molar-refractivity contribution in [3.63, 3.8) is 0 Å². The lowest BCUT2D eigenvalue weighted by Crippen LogP contribution is -2.33. The van der Waals surface area contributed by atoms with Crippen LogP contribution in [0.15, 0.2) is 202 Å². The summed E-state index contributed by atoms with van der Waals surface area (Å²) < 4.78 is 28.0. The van der Waals surface area contributed by atoms with E-state index in [0.717, 1.165) is 101 Å². The van der Waals surface area contributed by atoms with Crippen LogP contribution in [-0.2, 0) is 90.3 Å². The van der Waals surface area contributed by atoms with Gasteiger partial charge in [0.25, 0.3) is 6.47 Å². The summed E-state index contributed by atoms with van der Waals surface area (Å²) in [4.78, 5) is 63.3. The summed E-state index contributed by atoms with van der Waals surface area (Å²) in [5.41, 5.74) is 24.8. The molecule has 0 unspecified atom stereocenters. The van der Waals surface area contributed by atoms with E-state index in [1.165, 1.54) is 62.7 Å². The molecule has 3 atom stereocenters. The number of fused-ring (bicyclic) bond motifs is 5. The van der Waals surface area contributed by atoms with E-state index < -0.39 is 18.2 Å². The van der Waals surface area contributed by atoms with Crippen LogP contribution < -0.4 is 41.9 Å². The van der Waals surface area contributed by atoms with Crippen LogP contribution in [-0.4, -0.2) is 84.7 Å². The number of carboxylic acid groups (broad SMARTS) is 1. The Hall–Kier alpha value is -9.51. The normalized spacial score (nSPS) is 13.1. The second-order valence-corrected chi connectivity index (χ2v) is 27.9. The topological polar surface area (TPSA) is 278 Å². The van der Waals surface area contributed by atoms with Gasteiger partial charge in [0.2, 0.25) is 16.7 Å². The van der Waals surface area contributed by atoms with E-state index in [1.807, 2.05) is 141 Å². The molecule has 2 aliphatic carbocycles. The summed E-state index contributed by atoms with van der Waals surface area (Å²) in [6.45, 7) is 14.8. The van der Waals surface area contributed by atoms with Gasteiger partial charge in [-0.1, -0.05) is 193 Å². The Bertz CT molecular complexity index is 4830. The van der Waals surface area contributed by atoms with Gasteiger partial charge in [-0.25, -0.2) is 0 Å². The first kappa shape index (κ1) is 81.6. The van der Waals surface area contributed by atoms with Gasteiger partial charge in [-0.3, -0.25) is 24.0 Å². The molecule has 0 amide bonds. The van der Waals surface area contributed by atoms with Gasteiger partial charge in [-0.05, 0) is 180 Å². The molecule has 8 aromatic carbocycles. The summed E-state index contributed by atoms with van der Waals surface area (Å²) in [5.74, 6) is 0.877. The Kier molecular flexibility index (Phi) is 31.3. The van der Waals surface area contributed by atoms with Crippen molar-refractivity contribution < 1.29 is 48.6 Å². The van der Waals surface area contributed by atoms with Crippen molar-refractivity contribution in [1.82, 2.24) is 20.3 Å². The highest BCUT2D eigenvalue weighted by atomic mass is 79.9. The molecule has 0 aliphatic heterocycles. The number of ether oxygens (including phenoxy) is 5. The first-order valence-electron chi connectivity index (χ1n) is 36.5. The van der Waals surface area contributed by atoms with E-state index in [4.69, 9.17) is 29.8 Å². The average molecular weight is 1580 g/mol. The number of H-pyrrole nitrogens is 3. The predicted molar refractivity (Wildman–Crippen MR) is 432 cm³/mol. The Balaban J connectivity index is 0.000000165. The van der Waals surface area contributed by atoms with Crippen molar-refractivity contribution in [1.29, 1.82) is 0 Å². The average Bonchev–Trinajstić information content (AvgIpc) is 1.76. The molecule has 3 aromatic heterocycles. The molecular formula is C87H97Br2N5O13. The number of alkyl halides is 2. The number of aliphatic carboxylic acids is 1. The number of aromatic amines is 3. The van der Waals surface area contributed by atoms with Gasteiger partial charge in [0.05, 0.1) is 47.4 Å². The fraction of sp³-hybridized carbons (Fsp3) is 0.322. The molecule has 2 aliphatic rings. The highest BCUT2D eigenvalue weighted by molar-refractivity contribution is 9.09. The molecule has 13 rings (SSSR count). The number of carbonyl (C=O) groups is 2. The summed E-state index contributed by atoms with van der Waals surface area (Å²) >= 11 is 6.81. The van der Waals surface area contributed by atoms with Crippen LogP contribution in [0.25, 0.3) is 32.7 Å². The summed E-state index contributed by atoms with van der Waals surface area (Å²) in [7, 11) is 0. The van der Waals surface area contributed by atoms with E-state index in [9.17, 15) is 34.2 Å². The number of aryl methyl sites for hydroxylation is 4. The molecule has 0 bridgehead atoms. The maximum atomic E-state index is 12.1. The number of aliphatic hydroxyl groups excluding tert-OH is 2. The highest BCUT2D eigenvalue weighted by Crippen LogP contribution is 2.36. The third-order valence-electron chi connectivity index (χ3n) is 18.7. The predicted octanol–water partition coefficient (Wildman–Crippen LogP) is 15.4. The number of rotatable bonds is 27. The first-order chi connectivity index (χ1) is 51.8. The van der Waals surface area contributed by atoms with Crippen molar-refractivity contribution in [3.8, 4) is 17.2 Å². The number of nitrogens with one attached hydrogen (secondary N) is 4. The molecule has 11 aromatic rings. The van der Waals surface area contributed by atoms with E-state index in [0.29, 0.717) is 82.9 Å². The van der Waals surface area contributed by atoms with Gasteiger partial charge in [0.15, 0.2) is 0 Å². The molecule has 0 saturated heterocycles.